The maximum atomic E-state index is 11.7. The van der Waals surface area contributed by atoms with Gasteiger partial charge in [0.05, 0.1) is 11.9 Å². The van der Waals surface area contributed by atoms with Gasteiger partial charge in [-0.1, -0.05) is 12.8 Å². The summed E-state index contributed by atoms with van der Waals surface area (Å²) in [5.41, 5.74) is 0.676. The SMILES string of the molecule is O=C(CCNC(=O)C1CCCC1)Nc1cccnc1. The molecule has 5 heteroatoms. The minimum atomic E-state index is -0.111. The van der Waals surface area contributed by atoms with Gasteiger partial charge < -0.3 is 10.6 Å². The predicted octanol–water partition coefficient (Wildman–Crippen LogP) is 1.72. The van der Waals surface area contributed by atoms with Gasteiger partial charge in [-0.25, -0.2) is 0 Å². The van der Waals surface area contributed by atoms with Gasteiger partial charge in [0, 0.05) is 25.1 Å². The smallest absolute Gasteiger partial charge is 0.226 e. The molecule has 0 saturated heterocycles. The molecule has 0 atom stereocenters. The Labute approximate surface area is 112 Å². The van der Waals surface area contributed by atoms with Crippen molar-refractivity contribution in [2.24, 2.45) is 5.92 Å². The van der Waals surface area contributed by atoms with Crippen molar-refractivity contribution in [3.8, 4) is 0 Å². The van der Waals surface area contributed by atoms with Crippen LogP contribution in [0.3, 0.4) is 0 Å². The van der Waals surface area contributed by atoms with E-state index in [1.165, 1.54) is 0 Å². The van der Waals surface area contributed by atoms with E-state index in [1.807, 2.05) is 0 Å². The van der Waals surface area contributed by atoms with Crippen molar-refractivity contribution in [1.82, 2.24) is 10.3 Å². The van der Waals surface area contributed by atoms with Gasteiger partial charge in [0.15, 0.2) is 0 Å². The quantitative estimate of drug-likeness (QED) is 0.847. The molecule has 1 fully saturated rings. The highest BCUT2D eigenvalue weighted by Crippen LogP contribution is 2.24. The van der Waals surface area contributed by atoms with Crippen molar-refractivity contribution in [3.63, 3.8) is 0 Å². The molecule has 1 aliphatic carbocycles. The Morgan fingerprint density at radius 3 is 2.79 bits per heavy atom. The second-order valence-electron chi connectivity index (χ2n) is 4.81. The van der Waals surface area contributed by atoms with Crippen molar-refractivity contribution < 1.29 is 9.59 Å². The average Bonchev–Trinajstić information content (AvgIpc) is 2.93. The summed E-state index contributed by atoms with van der Waals surface area (Å²) in [5.74, 6) is 0.132. The summed E-state index contributed by atoms with van der Waals surface area (Å²) in [6.07, 6.45) is 7.76. The number of amides is 2. The minimum Gasteiger partial charge on any atom is -0.355 e. The van der Waals surface area contributed by atoms with Crippen LogP contribution in [0.15, 0.2) is 24.5 Å². The lowest BCUT2D eigenvalue weighted by Crippen LogP contribution is -2.32. The molecular formula is C14H19N3O2. The summed E-state index contributed by atoms with van der Waals surface area (Å²) >= 11 is 0. The molecule has 1 aliphatic rings. The second kappa shape index (κ2) is 6.87. The molecule has 0 aliphatic heterocycles. The molecule has 0 spiro atoms. The zero-order valence-corrected chi connectivity index (χ0v) is 10.9. The molecule has 0 unspecified atom stereocenters. The van der Waals surface area contributed by atoms with Gasteiger partial charge in [-0.3, -0.25) is 14.6 Å². The molecule has 102 valence electrons. The molecular weight excluding hydrogens is 242 g/mol. The van der Waals surface area contributed by atoms with Crippen LogP contribution < -0.4 is 10.6 Å². The molecule has 1 aromatic heterocycles. The summed E-state index contributed by atoms with van der Waals surface area (Å²) in [6, 6.07) is 3.54. The molecule has 5 nitrogen and oxygen atoms in total. The molecule has 0 bridgehead atoms. The number of pyridine rings is 1. The van der Waals surface area contributed by atoms with Crippen LogP contribution in [0.5, 0.6) is 0 Å². The van der Waals surface area contributed by atoms with Gasteiger partial charge in [-0.15, -0.1) is 0 Å². The summed E-state index contributed by atoms with van der Waals surface area (Å²) < 4.78 is 0. The zero-order chi connectivity index (χ0) is 13.5. The first-order chi connectivity index (χ1) is 9.25. The van der Waals surface area contributed by atoms with Crippen LogP contribution in [-0.4, -0.2) is 23.3 Å². The normalized spacial score (nSPS) is 15.2. The van der Waals surface area contributed by atoms with Gasteiger partial charge in [0.2, 0.25) is 11.8 Å². The van der Waals surface area contributed by atoms with Crippen molar-refractivity contribution in [2.45, 2.75) is 32.1 Å². The fourth-order valence-electron chi connectivity index (χ4n) is 2.29. The van der Waals surface area contributed by atoms with Crippen molar-refractivity contribution >= 4 is 17.5 Å². The fourth-order valence-corrected chi connectivity index (χ4v) is 2.29. The Hall–Kier alpha value is -1.91. The zero-order valence-electron chi connectivity index (χ0n) is 10.9. The lowest BCUT2D eigenvalue weighted by atomic mass is 10.1. The van der Waals surface area contributed by atoms with Crippen LogP contribution in [0.4, 0.5) is 5.69 Å². The number of anilines is 1. The Morgan fingerprint density at radius 2 is 2.11 bits per heavy atom. The van der Waals surface area contributed by atoms with Crippen LogP contribution in [0.2, 0.25) is 0 Å². The fraction of sp³-hybridized carbons (Fsp3) is 0.500. The van der Waals surface area contributed by atoms with E-state index in [-0.39, 0.29) is 24.2 Å². The summed E-state index contributed by atoms with van der Waals surface area (Å²) in [6.45, 7) is 0.390. The van der Waals surface area contributed by atoms with Crippen LogP contribution in [0.25, 0.3) is 0 Å². The minimum absolute atomic E-state index is 0.0895. The van der Waals surface area contributed by atoms with E-state index in [0.717, 1.165) is 25.7 Å². The molecule has 1 saturated carbocycles. The first-order valence-electron chi connectivity index (χ1n) is 6.73. The first-order valence-corrected chi connectivity index (χ1v) is 6.73. The summed E-state index contributed by atoms with van der Waals surface area (Å²) in [4.78, 5) is 27.3. The number of carbonyl (C=O) groups excluding carboxylic acids is 2. The summed E-state index contributed by atoms with van der Waals surface area (Å²) in [7, 11) is 0. The lowest BCUT2D eigenvalue weighted by Gasteiger charge is -2.10. The third-order valence-corrected chi connectivity index (χ3v) is 3.32. The molecule has 1 aromatic rings. The molecule has 2 rings (SSSR count). The van der Waals surface area contributed by atoms with Gasteiger partial charge >= 0.3 is 0 Å². The largest absolute Gasteiger partial charge is 0.355 e. The van der Waals surface area contributed by atoms with Crippen LogP contribution in [-0.2, 0) is 9.59 Å². The molecule has 0 radical (unpaired) electrons. The van der Waals surface area contributed by atoms with Crippen LogP contribution in [0, 0.1) is 5.92 Å². The Balaban J connectivity index is 1.65. The van der Waals surface area contributed by atoms with E-state index in [4.69, 9.17) is 0 Å². The number of carbonyl (C=O) groups is 2. The first kappa shape index (κ1) is 13.5. The molecule has 2 amide bonds. The lowest BCUT2D eigenvalue weighted by molar-refractivity contribution is -0.124. The maximum absolute atomic E-state index is 11.7. The highest BCUT2D eigenvalue weighted by molar-refractivity contribution is 5.91. The van der Waals surface area contributed by atoms with Crippen molar-refractivity contribution in [1.29, 1.82) is 0 Å². The van der Waals surface area contributed by atoms with E-state index < -0.39 is 0 Å². The summed E-state index contributed by atoms with van der Waals surface area (Å²) in [5, 5.41) is 5.56. The highest BCUT2D eigenvalue weighted by Gasteiger charge is 2.22. The second-order valence-corrected chi connectivity index (χ2v) is 4.81. The van der Waals surface area contributed by atoms with E-state index in [9.17, 15) is 9.59 Å². The Kier molecular flexibility index (Phi) is 4.89. The van der Waals surface area contributed by atoms with Gasteiger partial charge in [-0.05, 0) is 25.0 Å². The van der Waals surface area contributed by atoms with E-state index >= 15 is 0 Å². The van der Waals surface area contributed by atoms with Gasteiger partial charge in [-0.2, -0.15) is 0 Å². The Morgan fingerprint density at radius 1 is 1.32 bits per heavy atom. The van der Waals surface area contributed by atoms with Crippen LogP contribution >= 0.6 is 0 Å². The van der Waals surface area contributed by atoms with Gasteiger partial charge in [0.1, 0.15) is 0 Å². The standard InChI is InChI=1S/C14H19N3O2/c18-13(17-12-6-3-8-15-10-12)7-9-16-14(19)11-4-1-2-5-11/h3,6,8,10-11H,1-2,4-5,7,9H2,(H,16,19)(H,17,18). The number of nitrogens with zero attached hydrogens (tertiary/aromatic N) is 1. The van der Waals surface area contributed by atoms with E-state index in [1.54, 1.807) is 24.5 Å². The van der Waals surface area contributed by atoms with E-state index in [2.05, 4.69) is 15.6 Å². The molecule has 19 heavy (non-hydrogen) atoms. The molecule has 2 N–H and O–H groups in total. The van der Waals surface area contributed by atoms with Gasteiger partial charge in [0.25, 0.3) is 0 Å². The average molecular weight is 261 g/mol. The number of aromatic nitrogens is 1. The topological polar surface area (TPSA) is 71.1 Å². The van der Waals surface area contributed by atoms with Crippen LogP contribution in [0.1, 0.15) is 32.1 Å². The third-order valence-electron chi connectivity index (χ3n) is 3.32. The van der Waals surface area contributed by atoms with Crippen molar-refractivity contribution in [3.05, 3.63) is 24.5 Å². The van der Waals surface area contributed by atoms with E-state index in [0.29, 0.717) is 12.2 Å². The van der Waals surface area contributed by atoms with Crippen molar-refractivity contribution in [2.75, 3.05) is 11.9 Å². The number of nitrogens with one attached hydrogen (secondary N) is 2. The monoisotopic (exact) mass is 261 g/mol. The number of hydrogen-bond donors (Lipinski definition) is 2. The highest BCUT2D eigenvalue weighted by atomic mass is 16.2. The number of hydrogen-bond acceptors (Lipinski definition) is 3. The Bertz CT molecular complexity index is 428. The molecule has 0 aromatic carbocycles. The predicted molar refractivity (Wildman–Crippen MR) is 72.5 cm³/mol. The third kappa shape index (κ3) is 4.35. The number of rotatable bonds is 5. The maximum Gasteiger partial charge on any atom is 0.226 e. The molecule has 1 heterocycles.